The van der Waals surface area contributed by atoms with E-state index >= 15 is 0 Å². The summed E-state index contributed by atoms with van der Waals surface area (Å²) in [6, 6.07) is 26.7. The lowest BCUT2D eigenvalue weighted by atomic mass is 9.78. The van der Waals surface area contributed by atoms with E-state index in [1.54, 1.807) is 36.4 Å². The number of Topliss-reactive ketones (excluding diaryl/α,β-unsaturated/α-hetero) is 1. The van der Waals surface area contributed by atoms with Crippen molar-refractivity contribution in [1.82, 2.24) is 0 Å². The molecule has 0 spiro atoms. The van der Waals surface area contributed by atoms with Gasteiger partial charge >= 0.3 is 6.03 Å². The molecule has 0 bridgehead atoms. The monoisotopic (exact) mass is 571 g/mol. The Labute approximate surface area is 241 Å². The maximum absolute atomic E-state index is 14.6. The largest absolute Gasteiger partial charge is 0.357 e. The number of ketones is 1. The van der Waals surface area contributed by atoms with Gasteiger partial charge in [-0.1, -0.05) is 77.8 Å². The first-order chi connectivity index (χ1) is 19.4. The zero-order chi connectivity index (χ0) is 27.8. The fourth-order valence-electron chi connectivity index (χ4n) is 5.52. The van der Waals surface area contributed by atoms with Crippen molar-refractivity contribution in [3.63, 3.8) is 0 Å². The van der Waals surface area contributed by atoms with Crippen LogP contribution in [-0.4, -0.2) is 11.8 Å². The molecule has 2 atom stereocenters. The Morgan fingerprint density at radius 1 is 0.850 bits per heavy atom. The molecule has 4 aromatic carbocycles. The number of hydrogen-bond acceptors (Lipinski definition) is 3. The lowest BCUT2D eigenvalue weighted by molar-refractivity contribution is -0.116. The van der Waals surface area contributed by atoms with E-state index in [2.05, 4.69) is 10.6 Å². The van der Waals surface area contributed by atoms with Gasteiger partial charge in [0.05, 0.1) is 27.5 Å². The first-order valence-corrected chi connectivity index (χ1v) is 13.6. The SMILES string of the molecule is O=C1C[C@H](c2ccccc2)CC2=C1[C@H](c1cccc(F)c1)N(C(=O)Nc1ccc(Cl)c(Cl)c1)c1ccccc1N2. The van der Waals surface area contributed by atoms with Gasteiger partial charge in [0, 0.05) is 23.4 Å². The lowest BCUT2D eigenvalue weighted by Crippen LogP contribution is -2.41. The molecule has 2 aliphatic rings. The van der Waals surface area contributed by atoms with Gasteiger partial charge in [0.25, 0.3) is 0 Å². The van der Waals surface area contributed by atoms with E-state index in [4.69, 9.17) is 23.2 Å². The van der Waals surface area contributed by atoms with Crippen LogP contribution < -0.4 is 15.5 Å². The molecule has 0 fully saturated rings. The molecule has 0 aromatic heterocycles. The number of benzene rings is 4. The third-order valence-corrected chi connectivity index (χ3v) is 8.05. The lowest BCUT2D eigenvalue weighted by Gasteiger charge is -2.35. The summed E-state index contributed by atoms with van der Waals surface area (Å²) in [6.07, 6.45) is 0.836. The smallest absolute Gasteiger partial charge is 0.327 e. The Morgan fingerprint density at radius 2 is 1.60 bits per heavy atom. The summed E-state index contributed by atoms with van der Waals surface area (Å²) in [4.78, 5) is 29.6. The highest BCUT2D eigenvalue weighted by Crippen LogP contribution is 2.47. The molecular formula is C32H24Cl2FN3O2. The van der Waals surface area contributed by atoms with Crippen molar-refractivity contribution in [3.8, 4) is 0 Å². The average molecular weight is 572 g/mol. The number of halogens is 3. The van der Waals surface area contributed by atoms with Crippen molar-refractivity contribution in [1.29, 1.82) is 0 Å². The number of amides is 2. The first kappa shape index (κ1) is 26.1. The van der Waals surface area contributed by atoms with E-state index in [1.165, 1.54) is 17.0 Å². The normalized spacial score (nSPS) is 18.4. The van der Waals surface area contributed by atoms with Gasteiger partial charge in [0.15, 0.2) is 5.78 Å². The number of hydrogen-bond donors (Lipinski definition) is 2. The van der Waals surface area contributed by atoms with Crippen LogP contribution in [0.3, 0.4) is 0 Å². The Bertz CT molecular complexity index is 1660. The minimum atomic E-state index is -0.881. The zero-order valence-corrected chi connectivity index (χ0v) is 22.7. The number of nitrogens with one attached hydrogen (secondary N) is 2. The fourth-order valence-corrected chi connectivity index (χ4v) is 5.82. The van der Waals surface area contributed by atoms with Crippen molar-refractivity contribution in [2.24, 2.45) is 0 Å². The quantitative estimate of drug-likeness (QED) is 0.258. The topological polar surface area (TPSA) is 61.4 Å². The van der Waals surface area contributed by atoms with Gasteiger partial charge in [0.1, 0.15) is 5.82 Å². The van der Waals surface area contributed by atoms with Gasteiger partial charge in [-0.2, -0.15) is 0 Å². The zero-order valence-electron chi connectivity index (χ0n) is 21.2. The minimum absolute atomic E-state index is 0.0307. The van der Waals surface area contributed by atoms with E-state index in [0.717, 1.165) is 11.3 Å². The molecule has 1 aliphatic heterocycles. The number of fused-ring (bicyclic) bond motifs is 1. The standard InChI is InChI=1S/C32H24Cl2FN3O2/c33-24-14-13-23(18-25(24)34)36-32(40)38-28-12-5-4-11-26(28)37-27-16-21(19-7-2-1-3-8-19)17-29(39)30(27)31(38)20-9-6-10-22(35)15-20/h1-15,18,21,31,37H,16-17H2,(H,36,40)/t21-,31+/m1/s1. The summed E-state index contributed by atoms with van der Waals surface area (Å²) >= 11 is 12.3. The van der Waals surface area contributed by atoms with Gasteiger partial charge < -0.3 is 10.6 Å². The third kappa shape index (κ3) is 4.96. The Balaban J connectivity index is 1.51. The van der Waals surface area contributed by atoms with Crippen LogP contribution >= 0.6 is 23.2 Å². The molecule has 1 aliphatic carbocycles. The number of allylic oxidation sites excluding steroid dienone is 1. The van der Waals surface area contributed by atoms with Crippen LogP contribution in [0.1, 0.15) is 35.9 Å². The summed E-state index contributed by atoms with van der Waals surface area (Å²) in [5.41, 5.74) is 4.36. The Morgan fingerprint density at radius 3 is 2.38 bits per heavy atom. The number of rotatable bonds is 3. The maximum atomic E-state index is 14.6. The van der Waals surface area contributed by atoms with Crippen molar-refractivity contribution in [2.75, 3.05) is 15.5 Å². The summed E-state index contributed by atoms with van der Waals surface area (Å²) in [5.74, 6) is -0.589. The van der Waals surface area contributed by atoms with E-state index in [9.17, 15) is 14.0 Å². The number of nitrogens with zero attached hydrogens (tertiary/aromatic N) is 1. The molecule has 5 nitrogen and oxygen atoms in total. The predicted molar refractivity (Wildman–Crippen MR) is 158 cm³/mol. The molecule has 200 valence electrons. The van der Waals surface area contributed by atoms with E-state index in [1.807, 2.05) is 48.5 Å². The number of para-hydroxylation sites is 2. The average Bonchev–Trinajstić information content (AvgIpc) is 3.10. The van der Waals surface area contributed by atoms with Crippen LogP contribution in [0.4, 0.5) is 26.2 Å². The molecule has 1 heterocycles. The van der Waals surface area contributed by atoms with Crippen LogP contribution in [0.2, 0.25) is 10.0 Å². The number of carbonyl (C=O) groups excluding carboxylic acids is 2. The van der Waals surface area contributed by atoms with Crippen LogP contribution in [0.15, 0.2) is 108 Å². The van der Waals surface area contributed by atoms with Crippen LogP contribution in [0.25, 0.3) is 0 Å². The van der Waals surface area contributed by atoms with Gasteiger partial charge in [0.2, 0.25) is 0 Å². The van der Waals surface area contributed by atoms with Gasteiger partial charge in [-0.15, -0.1) is 0 Å². The molecule has 40 heavy (non-hydrogen) atoms. The second kappa shape index (κ2) is 10.8. The van der Waals surface area contributed by atoms with Crippen molar-refractivity contribution < 1.29 is 14.0 Å². The minimum Gasteiger partial charge on any atom is -0.357 e. The predicted octanol–water partition coefficient (Wildman–Crippen LogP) is 8.74. The molecule has 2 N–H and O–H groups in total. The molecule has 2 amide bonds. The van der Waals surface area contributed by atoms with Gasteiger partial charge in [-0.3, -0.25) is 9.69 Å². The number of carbonyl (C=O) groups is 2. The Kier molecular flexibility index (Phi) is 7.05. The summed E-state index contributed by atoms with van der Waals surface area (Å²) in [7, 11) is 0. The molecule has 6 rings (SSSR count). The second-order valence-electron chi connectivity index (χ2n) is 9.86. The first-order valence-electron chi connectivity index (χ1n) is 12.9. The van der Waals surface area contributed by atoms with Crippen molar-refractivity contribution >= 4 is 52.1 Å². The van der Waals surface area contributed by atoms with Crippen LogP contribution in [-0.2, 0) is 4.79 Å². The van der Waals surface area contributed by atoms with E-state index < -0.39 is 17.9 Å². The molecule has 0 radical (unpaired) electrons. The maximum Gasteiger partial charge on any atom is 0.327 e. The van der Waals surface area contributed by atoms with Crippen molar-refractivity contribution in [2.45, 2.75) is 24.8 Å². The third-order valence-electron chi connectivity index (χ3n) is 7.31. The number of anilines is 3. The van der Waals surface area contributed by atoms with E-state index in [0.29, 0.717) is 44.7 Å². The summed E-state index contributed by atoms with van der Waals surface area (Å²) in [6.45, 7) is 0. The highest BCUT2D eigenvalue weighted by Gasteiger charge is 2.41. The highest BCUT2D eigenvalue weighted by atomic mass is 35.5. The van der Waals surface area contributed by atoms with Crippen molar-refractivity contribution in [3.05, 3.63) is 135 Å². The number of urea groups is 1. The Hall–Kier alpha value is -4.13. The second-order valence-corrected chi connectivity index (χ2v) is 10.7. The van der Waals surface area contributed by atoms with Crippen LogP contribution in [0, 0.1) is 5.82 Å². The molecule has 4 aromatic rings. The molecule has 8 heteroatoms. The fraction of sp³-hybridized carbons (Fsp3) is 0.125. The van der Waals surface area contributed by atoms with Crippen LogP contribution in [0.5, 0.6) is 0 Å². The molecular weight excluding hydrogens is 548 g/mol. The molecule has 0 unspecified atom stereocenters. The van der Waals surface area contributed by atoms with Gasteiger partial charge in [-0.25, -0.2) is 9.18 Å². The summed E-state index contributed by atoms with van der Waals surface area (Å²) in [5, 5.41) is 7.02. The summed E-state index contributed by atoms with van der Waals surface area (Å²) < 4.78 is 14.6. The molecule has 0 saturated carbocycles. The molecule has 0 saturated heterocycles. The highest BCUT2D eigenvalue weighted by molar-refractivity contribution is 6.42. The van der Waals surface area contributed by atoms with Gasteiger partial charge in [-0.05, 0) is 65.9 Å². The van der Waals surface area contributed by atoms with E-state index in [-0.39, 0.29) is 18.1 Å².